The molecule has 3 N–H and O–H groups in total. The summed E-state index contributed by atoms with van der Waals surface area (Å²) in [5, 5.41) is 4.52. The zero-order valence-electron chi connectivity index (χ0n) is 13.8. The Kier molecular flexibility index (Phi) is 3.92. The molecule has 2 aliphatic rings. The Bertz CT molecular complexity index is 928. The molecular weight excluding hydrogens is 338 g/mol. The number of benzene rings is 2. The largest absolute Gasteiger partial charge is 0.352 e. The van der Waals surface area contributed by atoms with Crippen molar-refractivity contribution in [2.75, 3.05) is 10.8 Å². The van der Waals surface area contributed by atoms with Crippen molar-refractivity contribution in [3.63, 3.8) is 0 Å². The maximum atomic E-state index is 12.9. The molecule has 0 bridgehead atoms. The molecule has 132 valence electrons. The Morgan fingerprint density at radius 3 is 2.52 bits per heavy atom. The Morgan fingerprint density at radius 1 is 1.12 bits per heavy atom. The molecule has 6 nitrogen and oxygen atoms in total. The predicted octanol–water partition coefficient (Wildman–Crippen LogP) is 1.73. The third kappa shape index (κ3) is 2.77. The van der Waals surface area contributed by atoms with E-state index < -0.39 is 10.0 Å². The number of carbonyl (C=O) groups is 1. The van der Waals surface area contributed by atoms with Gasteiger partial charge in [-0.25, -0.2) is 8.42 Å². The molecule has 0 aromatic heterocycles. The maximum Gasteiger partial charge on any atom is 0.265 e. The Morgan fingerprint density at radius 2 is 1.80 bits per heavy atom. The lowest BCUT2D eigenvalue weighted by atomic mass is 9.92. The Labute approximate surface area is 147 Å². The summed E-state index contributed by atoms with van der Waals surface area (Å²) < 4.78 is 26.9. The van der Waals surface area contributed by atoms with E-state index in [9.17, 15) is 13.2 Å². The first-order chi connectivity index (χ1) is 12.0. The molecule has 1 heterocycles. The molecule has 1 aliphatic heterocycles. The number of hydrogen-bond acceptors (Lipinski definition) is 4. The van der Waals surface area contributed by atoms with E-state index in [0.717, 1.165) is 31.1 Å². The van der Waals surface area contributed by atoms with Gasteiger partial charge in [-0.15, -0.1) is 0 Å². The van der Waals surface area contributed by atoms with Crippen LogP contribution in [-0.2, 0) is 14.8 Å². The Hall–Kier alpha value is -2.12. The molecule has 2 aromatic carbocycles. The lowest BCUT2D eigenvalue weighted by Crippen LogP contribution is -2.45. The molecule has 0 spiro atoms. The highest BCUT2D eigenvalue weighted by Gasteiger charge is 2.36. The summed E-state index contributed by atoms with van der Waals surface area (Å²) in [6.45, 7) is -0.196. The number of amides is 1. The smallest absolute Gasteiger partial charge is 0.265 e. The van der Waals surface area contributed by atoms with E-state index in [2.05, 4.69) is 5.32 Å². The normalized spacial score (nSPS) is 24.4. The van der Waals surface area contributed by atoms with Crippen LogP contribution in [-0.4, -0.2) is 33.0 Å². The average Bonchev–Trinajstić information content (AvgIpc) is 2.81. The monoisotopic (exact) mass is 359 g/mol. The molecule has 1 amide bonds. The van der Waals surface area contributed by atoms with Crippen molar-refractivity contribution < 1.29 is 13.2 Å². The van der Waals surface area contributed by atoms with Crippen LogP contribution in [0.3, 0.4) is 0 Å². The Balaban J connectivity index is 1.57. The van der Waals surface area contributed by atoms with Gasteiger partial charge in [-0.3, -0.25) is 9.10 Å². The van der Waals surface area contributed by atoms with Gasteiger partial charge in [-0.05, 0) is 43.2 Å². The predicted molar refractivity (Wildman–Crippen MR) is 96.9 cm³/mol. The number of anilines is 1. The van der Waals surface area contributed by atoms with E-state index in [1.165, 1.54) is 4.31 Å². The number of sulfonamides is 1. The van der Waals surface area contributed by atoms with Crippen LogP contribution in [0.15, 0.2) is 41.3 Å². The van der Waals surface area contributed by atoms with Crippen molar-refractivity contribution in [2.24, 2.45) is 5.73 Å². The van der Waals surface area contributed by atoms with Gasteiger partial charge in [0.2, 0.25) is 5.91 Å². The van der Waals surface area contributed by atoms with Crippen LogP contribution in [0.25, 0.3) is 10.8 Å². The number of hydrogen-bond donors (Lipinski definition) is 2. The van der Waals surface area contributed by atoms with Gasteiger partial charge in [0.25, 0.3) is 10.0 Å². The zero-order chi connectivity index (χ0) is 17.6. The van der Waals surface area contributed by atoms with Gasteiger partial charge in [-0.1, -0.05) is 24.3 Å². The first-order valence-corrected chi connectivity index (χ1v) is 10.0. The molecule has 1 fully saturated rings. The van der Waals surface area contributed by atoms with E-state index in [4.69, 9.17) is 5.73 Å². The highest BCUT2D eigenvalue weighted by Crippen LogP contribution is 2.41. The number of rotatable bonds is 3. The second-order valence-electron chi connectivity index (χ2n) is 6.82. The summed E-state index contributed by atoms with van der Waals surface area (Å²) >= 11 is 0. The summed E-state index contributed by atoms with van der Waals surface area (Å²) in [6, 6.07) is 10.9. The van der Waals surface area contributed by atoms with Gasteiger partial charge in [0.15, 0.2) is 0 Å². The minimum absolute atomic E-state index is 0.0794. The number of nitrogens with one attached hydrogen (secondary N) is 1. The van der Waals surface area contributed by atoms with Crippen molar-refractivity contribution in [3.05, 3.63) is 36.4 Å². The molecule has 0 atom stereocenters. The second-order valence-corrected chi connectivity index (χ2v) is 8.65. The van der Waals surface area contributed by atoms with Crippen molar-refractivity contribution in [1.29, 1.82) is 0 Å². The van der Waals surface area contributed by atoms with E-state index in [-0.39, 0.29) is 29.4 Å². The summed E-state index contributed by atoms with van der Waals surface area (Å²) in [7, 11) is -3.69. The molecule has 1 aliphatic carbocycles. The lowest BCUT2D eigenvalue weighted by Gasteiger charge is -2.27. The van der Waals surface area contributed by atoms with Gasteiger partial charge in [0.05, 0.1) is 10.6 Å². The third-order valence-electron chi connectivity index (χ3n) is 5.11. The molecular formula is C18H21N3O3S. The number of carbonyl (C=O) groups excluding carboxylic acids is 1. The van der Waals surface area contributed by atoms with Gasteiger partial charge in [-0.2, -0.15) is 0 Å². The maximum absolute atomic E-state index is 12.9. The van der Waals surface area contributed by atoms with Gasteiger partial charge in [0, 0.05) is 17.5 Å². The molecule has 2 aromatic rings. The van der Waals surface area contributed by atoms with E-state index >= 15 is 0 Å². The molecule has 4 rings (SSSR count). The molecule has 25 heavy (non-hydrogen) atoms. The van der Waals surface area contributed by atoms with Crippen LogP contribution in [0.2, 0.25) is 0 Å². The fourth-order valence-electron chi connectivity index (χ4n) is 3.80. The fourth-order valence-corrected chi connectivity index (χ4v) is 5.46. The standard InChI is InChI=1S/C18H21N3O3S/c19-13-7-9-14(10-8-13)20-17(22)11-21-15-5-1-3-12-4-2-6-16(18(12)15)25(21,23)24/h1-6,13-14H,7-11,19H2,(H,20,22). The second kappa shape index (κ2) is 6.00. The van der Waals surface area contributed by atoms with E-state index in [1.54, 1.807) is 18.2 Å². The molecule has 0 radical (unpaired) electrons. The van der Waals surface area contributed by atoms with Crippen molar-refractivity contribution in [1.82, 2.24) is 5.32 Å². The quantitative estimate of drug-likeness (QED) is 0.873. The molecule has 0 saturated heterocycles. The number of nitrogens with two attached hydrogens (primary N) is 1. The SMILES string of the molecule is NC1CCC(NC(=O)CN2c3cccc4cccc(c34)S2(=O)=O)CC1. The first-order valence-electron chi connectivity index (χ1n) is 8.56. The molecule has 1 saturated carbocycles. The number of nitrogens with zero attached hydrogens (tertiary/aromatic N) is 1. The summed E-state index contributed by atoms with van der Waals surface area (Å²) in [6.07, 6.45) is 3.46. The molecule has 7 heteroatoms. The van der Waals surface area contributed by atoms with E-state index in [1.807, 2.05) is 18.2 Å². The van der Waals surface area contributed by atoms with Gasteiger partial charge < -0.3 is 11.1 Å². The van der Waals surface area contributed by atoms with Crippen LogP contribution in [0.5, 0.6) is 0 Å². The minimum Gasteiger partial charge on any atom is -0.352 e. The van der Waals surface area contributed by atoms with Crippen LogP contribution in [0.4, 0.5) is 5.69 Å². The summed E-state index contributed by atoms with van der Waals surface area (Å²) in [5.74, 6) is -0.270. The van der Waals surface area contributed by atoms with Crippen molar-refractivity contribution in [2.45, 2.75) is 42.7 Å². The van der Waals surface area contributed by atoms with E-state index in [0.29, 0.717) is 11.1 Å². The minimum atomic E-state index is -3.69. The van der Waals surface area contributed by atoms with Crippen LogP contribution >= 0.6 is 0 Å². The zero-order valence-corrected chi connectivity index (χ0v) is 14.6. The highest BCUT2D eigenvalue weighted by atomic mass is 32.2. The molecule has 0 unspecified atom stereocenters. The summed E-state index contributed by atoms with van der Waals surface area (Å²) in [4.78, 5) is 12.7. The van der Waals surface area contributed by atoms with Crippen LogP contribution in [0.1, 0.15) is 25.7 Å². The first kappa shape index (κ1) is 16.4. The van der Waals surface area contributed by atoms with Crippen LogP contribution in [0, 0.1) is 0 Å². The lowest BCUT2D eigenvalue weighted by molar-refractivity contribution is -0.120. The summed E-state index contributed by atoms with van der Waals surface area (Å²) in [5.41, 5.74) is 6.46. The van der Waals surface area contributed by atoms with Gasteiger partial charge >= 0.3 is 0 Å². The van der Waals surface area contributed by atoms with Crippen LogP contribution < -0.4 is 15.4 Å². The average molecular weight is 359 g/mol. The van der Waals surface area contributed by atoms with Crippen molar-refractivity contribution >= 4 is 32.4 Å². The van der Waals surface area contributed by atoms with Gasteiger partial charge in [0.1, 0.15) is 6.54 Å². The third-order valence-corrected chi connectivity index (χ3v) is 6.91. The highest BCUT2D eigenvalue weighted by molar-refractivity contribution is 7.93. The fraction of sp³-hybridized carbons (Fsp3) is 0.389. The van der Waals surface area contributed by atoms with Crippen molar-refractivity contribution in [3.8, 4) is 0 Å². The topological polar surface area (TPSA) is 92.5 Å².